The molecule has 1 saturated heterocycles. The van der Waals surface area contributed by atoms with Crippen molar-refractivity contribution in [1.29, 1.82) is 0 Å². The van der Waals surface area contributed by atoms with Crippen LogP contribution in [0.3, 0.4) is 0 Å². The van der Waals surface area contributed by atoms with Gasteiger partial charge in [-0.05, 0) is 49.2 Å². The van der Waals surface area contributed by atoms with Crippen molar-refractivity contribution in [3.05, 3.63) is 58.1 Å². The number of amides is 3. The Morgan fingerprint density at radius 3 is 2.18 bits per heavy atom. The SMILES string of the molecule is CNC(=O)Nc1ccc(NC(=O)c2ccc(N3CCCC3)c([N+](=O)[O-])c2)cc1. The number of nitro groups is 1. The van der Waals surface area contributed by atoms with Gasteiger partial charge in [-0.2, -0.15) is 0 Å². The summed E-state index contributed by atoms with van der Waals surface area (Å²) in [5.74, 6) is -0.442. The quantitative estimate of drug-likeness (QED) is 0.541. The van der Waals surface area contributed by atoms with Crippen molar-refractivity contribution in [3.8, 4) is 0 Å². The predicted molar refractivity (Wildman–Crippen MR) is 107 cm³/mol. The number of hydrogen-bond acceptors (Lipinski definition) is 5. The Kier molecular flexibility index (Phi) is 5.73. The number of carbonyl (C=O) groups is 2. The van der Waals surface area contributed by atoms with Gasteiger partial charge in [0.05, 0.1) is 4.92 Å². The van der Waals surface area contributed by atoms with Crippen molar-refractivity contribution < 1.29 is 14.5 Å². The Morgan fingerprint density at radius 1 is 1.00 bits per heavy atom. The number of rotatable bonds is 5. The molecule has 0 aromatic heterocycles. The van der Waals surface area contributed by atoms with E-state index in [4.69, 9.17) is 0 Å². The molecule has 2 aromatic rings. The lowest BCUT2D eigenvalue weighted by Gasteiger charge is -2.17. The third kappa shape index (κ3) is 4.37. The number of hydrogen-bond donors (Lipinski definition) is 3. The summed E-state index contributed by atoms with van der Waals surface area (Å²) in [6.07, 6.45) is 2.01. The number of nitro benzene ring substituents is 1. The fraction of sp³-hybridized carbons (Fsp3) is 0.263. The predicted octanol–water partition coefficient (Wildman–Crippen LogP) is 3.20. The van der Waals surface area contributed by atoms with Gasteiger partial charge >= 0.3 is 6.03 Å². The van der Waals surface area contributed by atoms with Crippen LogP contribution in [0.4, 0.5) is 27.5 Å². The molecule has 0 spiro atoms. The molecule has 3 N–H and O–H groups in total. The van der Waals surface area contributed by atoms with Gasteiger partial charge in [0.15, 0.2) is 0 Å². The minimum absolute atomic E-state index is 0.0697. The van der Waals surface area contributed by atoms with Crippen LogP contribution in [0.25, 0.3) is 0 Å². The first-order valence-electron chi connectivity index (χ1n) is 8.91. The molecular formula is C19H21N5O4. The largest absolute Gasteiger partial charge is 0.366 e. The van der Waals surface area contributed by atoms with Gasteiger partial charge in [0.1, 0.15) is 5.69 Å². The molecule has 3 rings (SSSR count). The maximum Gasteiger partial charge on any atom is 0.318 e. The van der Waals surface area contributed by atoms with E-state index in [-0.39, 0.29) is 17.3 Å². The summed E-state index contributed by atoms with van der Waals surface area (Å²) in [4.78, 5) is 36.8. The summed E-state index contributed by atoms with van der Waals surface area (Å²) in [5, 5.41) is 19.2. The monoisotopic (exact) mass is 383 g/mol. The van der Waals surface area contributed by atoms with Crippen molar-refractivity contribution in [2.24, 2.45) is 0 Å². The van der Waals surface area contributed by atoms with Gasteiger partial charge in [-0.15, -0.1) is 0 Å². The highest BCUT2D eigenvalue weighted by atomic mass is 16.6. The third-order valence-electron chi connectivity index (χ3n) is 4.51. The lowest BCUT2D eigenvalue weighted by Crippen LogP contribution is -2.24. The Morgan fingerprint density at radius 2 is 1.61 bits per heavy atom. The minimum Gasteiger partial charge on any atom is -0.366 e. The Balaban J connectivity index is 1.74. The highest BCUT2D eigenvalue weighted by Crippen LogP contribution is 2.31. The van der Waals surface area contributed by atoms with Gasteiger partial charge in [-0.1, -0.05) is 0 Å². The third-order valence-corrected chi connectivity index (χ3v) is 4.51. The summed E-state index contributed by atoms with van der Waals surface area (Å²) in [5.41, 5.74) is 1.77. The molecule has 1 aliphatic rings. The highest BCUT2D eigenvalue weighted by molar-refractivity contribution is 6.05. The van der Waals surface area contributed by atoms with E-state index < -0.39 is 10.8 Å². The topological polar surface area (TPSA) is 117 Å². The summed E-state index contributed by atoms with van der Waals surface area (Å²) >= 11 is 0. The maximum absolute atomic E-state index is 12.5. The number of nitrogens with one attached hydrogen (secondary N) is 3. The summed E-state index contributed by atoms with van der Waals surface area (Å²) in [6.45, 7) is 1.56. The smallest absolute Gasteiger partial charge is 0.318 e. The molecule has 9 heteroatoms. The van der Waals surface area contributed by atoms with Crippen molar-refractivity contribution in [3.63, 3.8) is 0 Å². The van der Waals surface area contributed by atoms with E-state index in [0.717, 1.165) is 25.9 Å². The van der Waals surface area contributed by atoms with Crippen molar-refractivity contribution in [2.75, 3.05) is 35.7 Å². The lowest BCUT2D eigenvalue weighted by atomic mass is 10.1. The van der Waals surface area contributed by atoms with Crippen LogP contribution in [0.5, 0.6) is 0 Å². The van der Waals surface area contributed by atoms with E-state index in [1.54, 1.807) is 36.4 Å². The van der Waals surface area contributed by atoms with Crippen LogP contribution in [0.15, 0.2) is 42.5 Å². The van der Waals surface area contributed by atoms with Gasteiger partial charge in [0.25, 0.3) is 11.6 Å². The first-order valence-corrected chi connectivity index (χ1v) is 8.91. The van der Waals surface area contributed by atoms with Crippen LogP contribution >= 0.6 is 0 Å². The zero-order valence-electron chi connectivity index (χ0n) is 15.4. The van der Waals surface area contributed by atoms with Gasteiger partial charge < -0.3 is 20.9 Å². The van der Waals surface area contributed by atoms with Gasteiger partial charge in [0.2, 0.25) is 0 Å². The second-order valence-corrected chi connectivity index (χ2v) is 6.39. The van der Waals surface area contributed by atoms with Crippen LogP contribution in [0.2, 0.25) is 0 Å². The van der Waals surface area contributed by atoms with Gasteiger partial charge in [0, 0.05) is 43.1 Å². The van der Waals surface area contributed by atoms with Crippen LogP contribution in [-0.2, 0) is 0 Å². The van der Waals surface area contributed by atoms with E-state index in [0.29, 0.717) is 17.1 Å². The van der Waals surface area contributed by atoms with Crippen LogP contribution in [0, 0.1) is 10.1 Å². The normalized spacial score (nSPS) is 13.1. The zero-order chi connectivity index (χ0) is 20.1. The Hall–Kier alpha value is -3.62. The van der Waals surface area contributed by atoms with Crippen molar-refractivity contribution in [2.45, 2.75) is 12.8 Å². The van der Waals surface area contributed by atoms with E-state index >= 15 is 0 Å². The Labute approximate surface area is 161 Å². The van der Waals surface area contributed by atoms with E-state index in [9.17, 15) is 19.7 Å². The molecule has 28 heavy (non-hydrogen) atoms. The molecule has 9 nitrogen and oxygen atoms in total. The van der Waals surface area contributed by atoms with Gasteiger partial charge in [-0.3, -0.25) is 14.9 Å². The molecule has 0 bridgehead atoms. The molecule has 146 valence electrons. The van der Waals surface area contributed by atoms with E-state index in [1.165, 1.54) is 13.1 Å². The summed E-state index contributed by atoms with van der Waals surface area (Å²) in [7, 11) is 1.51. The molecule has 0 unspecified atom stereocenters. The molecule has 0 radical (unpaired) electrons. The average molecular weight is 383 g/mol. The highest BCUT2D eigenvalue weighted by Gasteiger charge is 2.23. The molecule has 1 fully saturated rings. The van der Waals surface area contributed by atoms with Crippen LogP contribution in [-0.4, -0.2) is 37.0 Å². The van der Waals surface area contributed by atoms with Crippen molar-refractivity contribution in [1.82, 2.24) is 5.32 Å². The number of nitrogens with zero attached hydrogens (tertiary/aromatic N) is 2. The maximum atomic E-state index is 12.5. The lowest BCUT2D eigenvalue weighted by molar-refractivity contribution is -0.384. The molecular weight excluding hydrogens is 362 g/mol. The first kappa shape index (κ1) is 19.2. The number of benzene rings is 2. The summed E-state index contributed by atoms with van der Waals surface area (Å²) in [6, 6.07) is 10.7. The molecule has 3 amide bonds. The molecule has 0 atom stereocenters. The standard InChI is InChI=1S/C19H21N5O4/c1-20-19(26)22-15-7-5-14(6-8-15)21-18(25)13-4-9-16(17(12-13)24(27)28)23-10-2-3-11-23/h4-9,12H,2-3,10-11H2,1H3,(H,21,25)(H2,20,22,26). The fourth-order valence-corrected chi connectivity index (χ4v) is 3.07. The van der Waals surface area contributed by atoms with Crippen molar-refractivity contribution >= 4 is 34.7 Å². The van der Waals surface area contributed by atoms with Crippen LogP contribution < -0.4 is 20.9 Å². The molecule has 1 heterocycles. The minimum atomic E-state index is -0.455. The molecule has 0 aliphatic carbocycles. The Bertz CT molecular complexity index is 892. The average Bonchev–Trinajstić information content (AvgIpc) is 3.23. The van der Waals surface area contributed by atoms with E-state index in [1.807, 2.05) is 4.90 Å². The molecule has 1 aliphatic heterocycles. The van der Waals surface area contributed by atoms with Crippen LogP contribution in [0.1, 0.15) is 23.2 Å². The number of urea groups is 1. The zero-order valence-corrected chi connectivity index (χ0v) is 15.4. The fourth-order valence-electron chi connectivity index (χ4n) is 3.07. The second-order valence-electron chi connectivity index (χ2n) is 6.39. The number of anilines is 3. The molecule has 2 aromatic carbocycles. The van der Waals surface area contributed by atoms with E-state index in [2.05, 4.69) is 16.0 Å². The second kappa shape index (κ2) is 8.38. The molecule has 0 saturated carbocycles. The van der Waals surface area contributed by atoms with Gasteiger partial charge in [-0.25, -0.2) is 4.79 Å². The number of carbonyl (C=O) groups excluding carboxylic acids is 2. The summed E-state index contributed by atoms with van der Waals surface area (Å²) < 4.78 is 0. The first-order chi connectivity index (χ1) is 13.5.